The molecule has 1 nitrogen and oxygen atoms in total. The third-order valence-corrected chi connectivity index (χ3v) is 3.89. The summed E-state index contributed by atoms with van der Waals surface area (Å²) in [5.41, 5.74) is 1.70. The molecular formula is C15H10BrIO. The van der Waals surface area contributed by atoms with Gasteiger partial charge in [0, 0.05) is 13.6 Å². The van der Waals surface area contributed by atoms with Gasteiger partial charge < -0.3 is 0 Å². The lowest BCUT2D eigenvalue weighted by Gasteiger charge is -1.98. The van der Waals surface area contributed by atoms with Gasteiger partial charge in [-0.1, -0.05) is 46.3 Å². The first-order valence-corrected chi connectivity index (χ1v) is 7.26. The minimum Gasteiger partial charge on any atom is -0.289 e. The van der Waals surface area contributed by atoms with Crippen molar-refractivity contribution >= 4 is 50.4 Å². The van der Waals surface area contributed by atoms with Gasteiger partial charge in [-0.25, -0.2) is 0 Å². The minimum atomic E-state index is 0.0159. The van der Waals surface area contributed by atoms with E-state index in [1.54, 1.807) is 6.08 Å². The Balaban J connectivity index is 2.17. The summed E-state index contributed by atoms with van der Waals surface area (Å²) in [5, 5.41) is 0. The second kappa shape index (κ2) is 6.29. The van der Waals surface area contributed by atoms with Crippen LogP contribution in [0.4, 0.5) is 0 Å². The van der Waals surface area contributed by atoms with E-state index in [1.165, 1.54) is 0 Å². The maximum absolute atomic E-state index is 11.9. The average molecular weight is 413 g/mol. The molecule has 0 aliphatic rings. The molecule has 0 aliphatic heterocycles. The number of carbonyl (C=O) groups excluding carboxylic acids is 1. The SMILES string of the molecule is O=C(C=Cc1ccccc1Br)c1ccc(I)cc1. The molecule has 0 aromatic heterocycles. The number of rotatable bonds is 3. The summed E-state index contributed by atoms with van der Waals surface area (Å²) in [6, 6.07) is 15.3. The van der Waals surface area contributed by atoms with Gasteiger partial charge in [0.15, 0.2) is 5.78 Å². The number of benzene rings is 2. The van der Waals surface area contributed by atoms with E-state index >= 15 is 0 Å². The molecule has 0 bridgehead atoms. The van der Waals surface area contributed by atoms with E-state index in [2.05, 4.69) is 38.5 Å². The van der Waals surface area contributed by atoms with E-state index in [9.17, 15) is 4.79 Å². The minimum absolute atomic E-state index is 0.0159. The number of halogens is 2. The molecule has 2 rings (SSSR count). The van der Waals surface area contributed by atoms with E-state index < -0.39 is 0 Å². The van der Waals surface area contributed by atoms with Crippen LogP contribution in [0, 0.1) is 3.57 Å². The monoisotopic (exact) mass is 412 g/mol. The number of allylic oxidation sites excluding steroid dienone is 1. The Hall–Kier alpha value is -0.940. The van der Waals surface area contributed by atoms with Crippen LogP contribution in [0.25, 0.3) is 6.08 Å². The number of carbonyl (C=O) groups is 1. The van der Waals surface area contributed by atoms with Crippen molar-refractivity contribution in [3.8, 4) is 0 Å². The Kier molecular flexibility index (Phi) is 4.72. The van der Waals surface area contributed by atoms with Crippen LogP contribution in [-0.4, -0.2) is 5.78 Å². The first-order valence-electron chi connectivity index (χ1n) is 5.39. The largest absolute Gasteiger partial charge is 0.289 e. The fraction of sp³-hybridized carbons (Fsp3) is 0. The van der Waals surface area contributed by atoms with Gasteiger partial charge in [0.25, 0.3) is 0 Å². The summed E-state index contributed by atoms with van der Waals surface area (Å²) in [6.07, 6.45) is 3.42. The highest BCUT2D eigenvalue weighted by molar-refractivity contribution is 14.1. The Morgan fingerprint density at radius 1 is 1.06 bits per heavy atom. The first kappa shape index (κ1) is 13.5. The van der Waals surface area contributed by atoms with Crippen LogP contribution < -0.4 is 0 Å². The van der Waals surface area contributed by atoms with Crippen LogP contribution in [-0.2, 0) is 0 Å². The summed E-state index contributed by atoms with van der Waals surface area (Å²) in [5.74, 6) is 0.0159. The summed E-state index contributed by atoms with van der Waals surface area (Å²) >= 11 is 5.67. The topological polar surface area (TPSA) is 17.1 Å². The molecule has 0 saturated heterocycles. The molecule has 2 aromatic carbocycles. The average Bonchev–Trinajstić information content (AvgIpc) is 2.38. The molecule has 0 spiro atoms. The van der Waals surface area contributed by atoms with Crippen molar-refractivity contribution in [2.75, 3.05) is 0 Å². The van der Waals surface area contributed by atoms with Crippen LogP contribution >= 0.6 is 38.5 Å². The van der Waals surface area contributed by atoms with Gasteiger partial charge in [0.05, 0.1) is 0 Å². The summed E-state index contributed by atoms with van der Waals surface area (Å²) in [6.45, 7) is 0. The second-order valence-corrected chi connectivity index (χ2v) is 5.83. The van der Waals surface area contributed by atoms with Crippen molar-refractivity contribution in [2.45, 2.75) is 0 Å². The fourth-order valence-electron chi connectivity index (χ4n) is 1.49. The van der Waals surface area contributed by atoms with Crippen molar-refractivity contribution in [3.63, 3.8) is 0 Å². The van der Waals surface area contributed by atoms with Crippen molar-refractivity contribution in [3.05, 3.63) is 73.8 Å². The molecule has 0 amide bonds. The third kappa shape index (κ3) is 3.53. The van der Waals surface area contributed by atoms with Crippen LogP contribution in [0.3, 0.4) is 0 Å². The van der Waals surface area contributed by atoms with Crippen molar-refractivity contribution in [1.82, 2.24) is 0 Å². The number of hydrogen-bond acceptors (Lipinski definition) is 1. The van der Waals surface area contributed by atoms with Crippen molar-refractivity contribution in [1.29, 1.82) is 0 Å². The molecule has 90 valence electrons. The lowest BCUT2D eigenvalue weighted by Crippen LogP contribution is -1.93. The molecule has 0 radical (unpaired) electrons. The van der Waals surface area contributed by atoms with E-state index in [-0.39, 0.29) is 5.78 Å². The lowest BCUT2D eigenvalue weighted by molar-refractivity contribution is 0.104. The van der Waals surface area contributed by atoms with Gasteiger partial charge in [-0.3, -0.25) is 4.79 Å². The Morgan fingerprint density at radius 3 is 2.39 bits per heavy atom. The Morgan fingerprint density at radius 2 is 1.72 bits per heavy atom. The van der Waals surface area contributed by atoms with E-state index in [0.29, 0.717) is 5.56 Å². The highest BCUT2D eigenvalue weighted by Gasteiger charge is 2.01. The maximum Gasteiger partial charge on any atom is 0.185 e. The van der Waals surface area contributed by atoms with Crippen LogP contribution in [0.1, 0.15) is 15.9 Å². The van der Waals surface area contributed by atoms with Gasteiger partial charge in [0.1, 0.15) is 0 Å². The quantitative estimate of drug-likeness (QED) is 0.396. The molecule has 0 N–H and O–H groups in total. The summed E-state index contributed by atoms with van der Waals surface area (Å²) < 4.78 is 2.11. The smallest absolute Gasteiger partial charge is 0.185 e. The first-order chi connectivity index (χ1) is 8.66. The molecule has 3 heteroatoms. The summed E-state index contributed by atoms with van der Waals surface area (Å²) in [7, 11) is 0. The van der Waals surface area contributed by atoms with Crippen LogP contribution in [0.2, 0.25) is 0 Å². The second-order valence-electron chi connectivity index (χ2n) is 3.73. The lowest BCUT2D eigenvalue weighted by atomic mass is 10.1. The molecule has 0 aliphatic carbocycles. The molecule has 0 fully saturated rings. The molecule has 0 saturated carbocycles. The maximum atomic E-state index is 11.9. The zero-order valence-electron chi connectivity index (χ0n) is 9.44. The van der Waals surface area contributed by atoms with Crippen LogP contribution in [0.5, 0.6) is 0 Å². The Labute approximate surface area is 128 Å². The molecular weight excluding hydrogens is 403 g/mol. The van der Waals surface area contributed by atoms with Crippen molar-refractivity contribution in [2.24, 2.45) is 0 Å². The summed E-state index contributed by atoms with van der Waals surface area (Å²) in [4.78, 5) is 11.9. The van der Waals surface area contributed by atoms with Gasteiger partial charge in [-0.05, 0) is 58.5 Å². The van der Waals surface area contributed by atoms with Gasteiger partial charge in [-0.15, -0.1) is 0 Å². The van der Waals surface area contributed by atoms with Crippen LogP contribution in [0.15, 0.2) is 59.1 Å². The highest BCUT2D eigenvalue weighted by Crippen LogP contribution is 2.17. The molecule has 0 heterocycles. The van der Waals surface area contributed by atoms with Gasteiger partial charge >= 0.3 is 0 Å². The fourth-order valence-corrected chi connectivity index (χ4v) is 2.26. The molecule has 18 heavy (non-hydrogen) atoms. The molecule has 0 atom stereocenters. The van der Waals surface area contributed by atoms with E-state index in [4.69, 9.17) is 0 Å². The number of ketones is 1. The van der Waals surface area contributed by atoms with E-state index in [0.717, 1.165) is 13.6 Å². The Bertz CT molecular complexity index is 588. The van der Waals surface area contributed by atoms with Gasteiger partial charge in [-0.2, -0.15) is 0 Å². The van der Waals surface area contributed by atoms with E-state index in [1.807, 2.05) is 54.6 Å². The number of hydrogen-bond donors (Lipinski definition) is 0. The van der Waals surface area contributed by atoms with Crippen molar-refractivity contribution < 1.29 is 4.79 Å². The highest BCUT2D eigenvalue weighted by atomic mass is 127. The molecule has 2 aromatic rings. The predicted octanol–water partition coefficient (Wildman–Crippen LogP) is 4.95. The van der Waals surface area contributed by atoms with Gasteiger partial charge in [0.2, 0.25) is 0 Å². The zero-order valence-corrected chi connectivity index (χ0v) is 13.2. The molecule has 0 unspecified atom stereocenters. The standard InChI is InChI=1S/C15H10BrIO/c16-14-4-2-1-3-11(14)7-10-15(18)12-5-8-13(17)9-6-12/h1-10H. The zero-order chi connectivity index (χ0) is 13.0. The predicted molar refractivity (Wildman–Crippen MR) is 86.7 cm³/mol. The normalized spacial score (nSPS) is 10.8. The third-order valence-electron chi connectivity index (χ3n) is 2.45.